The van der Waals surface area contributed by atoms with Crippen LogP contribution in [0, 0.1) is 6.92 Å². The highest BCUT2D eigenvalue weighted by atomic mass is 32.1. The zero-order valence-corrected chi connectivity index (χ0v) is 10.7. The van der Waals surface area contributed by atoms with E-state index in [0.717, 1.165) is 16.4 Å². The smallest absolute Gasteiger partial charge is 0.183 e. The molecule has 3 rings (SSSR count). The van der Waals surface area contributed by atoms with E-state index in [1.165, 1.54) is 30.6 Å². The van der Waals surface area contributed by atoms with Crippen molar-refractivity contribution in [2.24, 2.45) is 0 Å². The van der Waals surface area contributed by atoms with Crippen molar-refractivity contribution >= 4 is 16.5 Å². The summed E-state index contributed by atoms with van der Waals surface area (Å²) in [5.74, 6) is 0. The zero-order chi connectivity index (χ0) is 11.7. The first-order valence-electron chi connectivity index (χ1n) is 6.06. The largest absolute Gasteiger partial charge is 0.359 e. The van der Waals surface area contributed by atoms with Gasteiger partial charge in [-0.05, 0) is 19.8 Å². The van der Waals surface area contributed by atoms with Crippen LogP contribution in [0.4, 0.5) is 5.13 Å². The number of aromatic nitrogens is 3. The van der Waals surface area contributed by atoms with Crippen molar-refractivity contribution < 1.29 is 0 Å². The van der Waals surface area contributed by atoms with E-state index in [1.54, 1.807) is 11.3 Å². The molecule has 17 heavy (non-hydrogen) atoms. The van der Waals surface area contributed by atoms with Crippen LogP contribution in [0.15, 0.2) is 12.4 Å². The van der Waals surface area contributed by atoms with Crippen LogP contribution in [-0.4, -0.2) is 21.2 Å². The van der Waals surface area contributed by atoms with Crippen molar-refractivity contribution in [3.8, 4) is 11.3 Å². The van der Waals surface area contributed by atoms with Gasteiger partial charge in [-0.15, -0.1) is 11.3 Å². The maximum absolute atomic E-state index is 4.66. The van der Waals surface area contributed by atoms with Crippen molar-refractivity contribution in [3.63, 3.8) is 0 Å². The SMILES string of the molecule is Cc1sc(NC2CCCC2)nc1-c1cn[nH]c1. The van der Waals surface area contributed by atoms with Gasteiger partial charge in [0.2, 0.25) is 0 Å². The first-order valence-corrected chi connectivity index (χ1v) is 6.87. The summed E-state index contributed by atoms with van der Waals surface area (Å²) >= 11 is 1.74. The average molecular weight is 248 g/mol. The summed E-state index contributed by atoms with van der Waals surface area (Å²) in [4.78, 5) is 5.91. The zero-order valence-electron chi connectivity index (χ0n) is 9.86. The molecule has 0 aliphatic heterocycles. The van der Waals surface area contributed by atoms with Gasteiger partial charge in [0.15, 0.2) is 5.13 Å². The summed E-state index contributed by atoms with van der Waals surface area (Å²) in [5.41, 5.74) is 2.11. The second-order valence-electron chi connectivity index (χ2n) is 4.54. The van der Waals surface area contributed by atoms with Crippen LogP contribution in [0.25, 0.3) is 11.3 Å². The van der Waals surface area contributed by atoms with Gasteiger partial charge in [-0.1, -0.05) is 12.8 Å². The molecule has 0 spiro atoms. The molecule has 0 aromatic carbocycles. The average Bonchev–Trinajstić information content (AvgIpc) is 3.00. The normalized spacial score (nSPS) is 16.5. The third-order valence-corrected chi connectivity index (χ3v) is 4.15. The molecule has 2 heterocycles. The lowest BCUT2D eigenvalue weighted by Crippen LogP contribution is -2.13. The number of H-pyrrole nitrogens is 1. The molecule has 1 saturated carbocycles. The summed E-state index contributed by atoms with van der Waals surface area (Å²) < 4.78 is 0. The van der Waals surface area contributed by atoms with Crippen molar-refractivity contribution in [3.05, 3.63) is 17.3 Å². The van der Waals surface area contributed by atoms with Gasteiger partial charge >= 0.3 is 0 Å². The highest BCUT2D eigenvalue weighted by Gasteiger charge is 2.17. The van der Waals surface area contributed by atoms with E-state index >= 15 is 0 Å². The highest BCUT2D eigenvalue weighted by Crippen LogP contribution is 2.31. The molecule has 0 amide bonds. The molecule has 5 heteroatoms. The number of hydrogen-bond donors (Lipinski definition) is 2. The molecule has 0 radical (unpaired) electrons. The van der Waals surface area contributed by atoms with Gasteiger partial charge in [0.1, 0.15) is 0 Å². The second kappa shape index (κ2) is 4.49. The first-order chi connectivity index (χ1) is 8.33. The minimum absolute atomic E-state index is 0.623. The molecular weight excluding hydrogens is 232 g/mol. The number of aromatic amines is 1. The van der Waals surface area contributed by atoms with Gasteiger partial charge in [-0.2, -0.15) is 5.10 Å². The fourth-order valence-electron chi connectivity index (χ4n) is 2.35. The van der Waals surface area contributed by atoms with Crippen LogP contribution in [-0.2, 0) is 0 Å². The lowest BCUT2D eigenvalue weighted by Gasteiger charge is -2.09. The molecule has 2 N–H and O–H groups in total. The van der Waals surface area contributed by atoms with E-state index < -0.39 is 0 Å². The monoisotopic (exact) mass is 248 g/mol. The van der Waals surface area contributed by atoms with E-state index in [4.69, 9.17) is 0 Å². The van der Waals surface area contributed by atoms with Crippen LogP contribution in [0.1, 0.15) is 30.6 Å². The lowest BCUT2D eigenvalue weighted by molar-refractivity contribution is 0.754. The molecule has 0 saturated heterocycles. The summed E-state index contributed by atoms with van der Waals surface area (Å²) in [5, 5.41) is 11.4. The summed E-state index contributed by atoms with van der Waals surface area (Å²) in [6.45, 7) is 2.11. The Morgan fingerprint density at radius 2 is 2.24 bits per heavy atom. The number of rotatable bonds is 3. The molecule has 1 aliphatic rings. The summed E-state index contributed by atoms with van der Waals surface area (Å²) in [7, 11) is 0. The molecular formula is C12H16N4S. The number of nitrogens with one attached hydrogen (secondary N) is 2. The fraction of sp³-hybridized carbons (Fsp3) is 0.500. The molecule has 1 aliphatic carbocycles. The van der Waals surface area contributed by atoms with Crippen LogP contribution < -0.4 is 5.32 Å². The molecule has 90 valence electrons. The van der Waals surface area contributed by atoms with Crippen LogP contribution in [0.3, 0.4) is 0 Å². The second-order valence-corrected chi connectivity index (χ2v) is 5.74. The van der Waals surface area contributed by atoms with Crippen LogP contribution >= 0.6 is 11.3 Å². The molecule has 0 bridgehead atoms. The Hall–Kier alpha value is -1.36. The molecule has 0 atom stereocenters. The topological polar surface area (TPSA) is 53.6 Å². The highest BCUT2D eigenvalue weighted by molar-refractivity contribution is 7.16. The van der Waals surface area contributed by atoms with Crippen molar-refractivity contribution in [1.29, 1.82) is 0 Å². The Morgan fingerprint density at radius 1 is 1.41 bits per heavy atom. The number of nitrogens with zero attached hydrogens (tertiary/aromatic N) is 2. The number of aryl methyl sites for hydroxylation is 1. The van der Waals surface area contributed by atoms with E-state index in [2.05, 4.69) is 27.4 Å². The summed E-state index contributed by atoms with van der Waals surface area (Å²) in [6, 6.07) is 0.623. The molecule has 4 nitrogen and oxygen atoms in total. The van der Waals surface area contributed by atoms with E-state index in [0.29, 0.717) is 6.04 Å². The maximum Gasteiger partial charge on any atom is 0.183 e. The van der Waals surface area contributed by atoms with Crippen molar-refractivity contribution in [1.82, 2.24) is 15.2 Å². The lowest BCUT2D eigenvalue weighted by atomic mass is 10.2. The Kier molecular flexibility index (Phi) is 2.84. The number of anilines is 1. The Bertz CT molecular complexity index is 483. The van der Waals surface area contributed by atoms with Crippen LogP contribution in [0.2, 0.25) is 0 Å². The number of thiazole rings is 1. The van der Waals surface area contributed by atoms with Crippen molar-refractivity contribution in [2.75, 3.05) is 5.32 Å². The summed E-state index contributed by atoms with van der Waals surface area (Å²) in [6.07, 6.45) is 8.95. The first kappa shape index (κ1) is 10.8. The minimum Gasteiger partial charge on any atom is -0.359 e. The van der Waals surface area contributed by atoms with Crippen LogP contribution in [0.5, 0.6) is 0 Å². The van der Waals surface area contributed by atoms with Gasteiger partial charge in [0.25, 0.3) is 0 Å². The quantitative estimate of drug-likeness (QED) is 0.877. The van der Waals surface area contributed by atoms with Gasteiger partial charge < -0.3 is 5.32 Å². The van der Waals surface area contributed by atoms with Gasteiger partial charge in [-0.3, -0.25) is 5.10 Å². The number of hydrogen-bond acceptors (Lipinski definition) is 4. The molecule has 2 aromatic heterocycles. The van der Waals surface area contributed by atoms with Crippen molar-refractivity contribution in [2.45, 2.75) is 38.6 Å². The minimum atomic E-state index is 0.623. The third kappa shape index (κ3) is 2.20. The van der Waals surface area contributed by atoms with Gasteiger partial charge in [0, 0.05) is 22.7 Å². The maximum atomic E-state index is 4.66. The van der Waals surface area contributed by atoms with E-state index in [9.17, 15) is 0 Å². The predicted octanol–water partition coefficient (Wildman–Crippen LogP) is 3.20. The Labute approximate surface area is 104 Å². The fourth-order valence-corrected chi connectivity index (χ4v) is 3.26. The predicted molar refractivity (Wildman–Crippen MR) is 70.3 cm³/mol. The Morgan fingerprint density at radius 3 is 2.94 bits per heavy atom. The van der Waals surface area contributed by atoms with E-state index in [-0.39, 0.29) is 0 Å². The van der Waals surface area contributed by atoms with E-state index in [1.807, 2.05) is 12.4 Å². The Balaban J connectivity index is 1.80. The van der Waals surface area contributed by atoms with Gasteiger partial charge in [0.05, 0.1) is 11.9 Å². The van der Waals surface area contributed by atoms with Gasteiger partial charge in [-0.25, -0.2) is 4.98 Å². The molecule has 0 unspecified atom stereocenters. The molecule has 2 aromatic rings. The standard InChI is InChI=1S/C12H16N4S/c1-8-11(9-6-13-14-7-9)16-12(17-8)15-10-4-2-3-5-10/h6-7,10H,2-5H2,1H3,(H,13,14)(H,15,16). The molecule has 1 fully saturated rings. The third-order valence-electron chi connectivity index (χ3n) is 3.25.